The van der Waals surface area contributed by atoms with Crippen LogP contribution >= 0.6 is 34.7 Å². The van der Waals surface area contributed by atoms with E-state index in [-0.39, 0.29) is 29.0 Å². The number of carbonyl (C=O) groups excluding carboxylic acids is 1. The Balaban J connectivity index is 1.59. The third-order valence-corrected chi connectivity index (χ3v) is 5.79. The number of halogens is 2. The fourth-order valence-corrected chi connectivity index (χ4v) is 3.78. The zero-order chi connectivity index (χ0) is 22.4. The number of carboxylic acids is 1. The van der Waals surface area contributed by atoms with E-state index in [0.29, 0.717) is 28.7 Å². The van der Waals surface area contributed by atoms with Crippen LogP contribution in [0, 0.1) is 5.92 Å². The summed E-state index contributed by atoms with van der Waals surface area (Å²) in [5.74, 6) is -1.25. The highest BCUT2D eigenvalue weighted by molar-refractivity contribution is 7.11. The van der Waals surface area contributed by atoms with Crippen molar-refractivity contribution in [2.75, 3.05) is 11.9 Å². The molecular weight excluding hydrogens is 465 g/mol. The van der Waals surface area contributed by atoms with Gasteiger partial charge in [-0.1, -0.05) is 42.3 Å². The van der Waals surface area contributed by atoms with Crippen LogP contribution in [0.1, 0.15) is 22.8 Å². The van der Waals surface area contributed by atoms with Gasteiger partial charge in [0.25, 0.3) is 0 Å². The lowest BCUT2D eigenvalue weighted by Gasteiger charge is -2.13. The molecule has 0 bridgehead atoms. The number of ether oxygens (including phenoxy) is 1. The Bertz CT molecular complexity index is 1060. The SMILES string of the molecule is CC(CNC(=O)Nc1snc(OCc2cccc(Cl)c2Cl)c1C(=O)O)Cn1ccnc1. The van der Waals surface area contributed by atoms with Crippen LogP contribution < -0.4 is 15.4 Å². The van der Waals surface area contributed by atoms with E-state index in [1.165, 1.54) is 0 Å². The van der Waals surface area contributed by atoms with Gasteiger partial charge >= 0.3 is 12.0 Å². The monoisotopic (exact) mass is 483 g/mol. The van der Waals surface area contributed by atoms with Crippen LogP contribution in [0.2, 0.25) is 10.0 Å². The van der Waals surface area contributed by atoms with Crippen molar-refractivity contribution in [3.8, 4) is 5.88 Å². The highest BCUT2D eigenvalue weighted by atomic mass is 35.5. The van der Waals surface area contributed by atoms with Gasteiger partial charge in [-0.15, -0.1) is 0 Å². The molecule has 0 aliphatic rings. The third kappa shape index (κ3) is 6.09. The Morgan fingerprint density at radius 1 is 1.35 bits per heavy atom. The topological polar surface area (TPSA) is 118 Å². The van der Waals surface area contributed by atoms with E-state index in [9.17, 15) is 14.7 Å². The molecule has 3 N–H and O–H groups in total. The number of amides is 2. The molecule has 0 radical (unpaired) electrons. The summed E-state index contributed by atoms with van der Waals surface area (Å²) in [7, 11) is 0. The van der Waals surface area contributed by atoms with Gasteiger partial charge in [-0.2, -0.15) is 4.37 Å². The number of urea groups is 1. The minimum absolute atomic E-state index is 0.0270. The van der Waals surface area contributed by atoms with E-state index in [2.05, 4.69) is 20.0 Å². The largest absolute Gasteiger partial charge is 0.477 e. The van der Waals surface area contributed by atoms with E-state index in [0.717, 1.165) is 11.5 Å². The molecule has 2 amide bonds. The van der Waals surface area contributed by atoms with E-state index in [1.54, 1.807) is 30.7 Å². The number of nitrogens with zero attached hydrogens (tertiary/aromatic N) is 3. The highest BCUT2D eigenvalue weighted by Gasteiger charge is 2.24. The van der Waals surface area contributed by atoms with Crippen molar-refractivity contribution in [2.24, 2.45) is 5.92 Å². The van der Waals surface area contributed by atoms with Crippen molar-refractivity contribution in [3.63, 3.8) is 0 Å². The maximum absolute atomic E-state index is 12.2. The Morgan fingerprint density at radius 2 is 2.16 bits per heavy atom. The van der Waals surface area contributed by atoms with Gasteiger partial charge in [0, 0.05) is 31.0 Å². The molecule has 0 fully saturated rings. The number of aromatic carboxylic acids is 1. The molecule has 0 aliphatic carbocycles. The molecule has 0 spiro atoms. The fraction of sp³-hybridized carbons (Fsp3) is 0.263. The molecule has 9 nitrogen and oxygen atoms in total. The van der Waals surface area contributed by atoms with Crippen molar-refractivity contribution in [1.29, 1.82) is 0 Å². The lowest BCUT2D eigenvalue weighted by molar-refractivity contribution is 0.0693. The summed E-state index contributed by atoms with van der Waals surface area (Å²) < 4.78 is 11.5. The summed E-state index contributed by atoms with van der Waals surface area (Å²) in [5.41, 5.74) is 0.349. The highest BCUT2D eigenvalue weighted by Crippen LogP contribution is 2.32. The third-order valence-electron chi connectivity index (χ3n) is 4.19. The number of hydrogen-bond donors (Lipinski definition) is 3. The molecule has 2 aromatic heterocycles. The molecule has 1 atom stereocenters. The van der Waals surface area contributed by atoms with Gasteiger partial charge in [0.1, 0.15) is 11.6 Å². The van der Waals surface area contributed by atoms with Crippen LogP contribution in [0.4, 0.5) is 9.80 Å². The first-order valence-electron chi connectivity index (χ1n) is 9.14. The summed E-state index contributed by atoms with van der Waals surface area (Å²) in [6.07, 6.45) is 5.22. The molecule has 3 rings (SSSR count). The van der Waals surface area contributed by atoms with Gasteiger partial charge in [0.2, 0.25) is 5.88 Å². The molecular formula is C19H19Cl2N5O4S. The van der Waals surface area contributed by atoms with Gasteiger partial charge in [-0.05, 0) is 23.5 Å². The molecule has 3 aromatic rings. The molecule has 0 aliphatic heterocycles. The van der Waals surface area contributed by atoms with Crippen LogP contribution in [0.3, 0.4) is 0 Å². The Labute approximate surface area is 192 Å². The average Bonchev–Trinajstić information content (AvgIpc) is 3.37. The van der Waals surface area contributed by atoms with Crippen molar-refractivity contribution in [1.82, 2.24) is 19.2 Å². The second kappa shape index (κ2) is 10.5. The molecule has 0 saturated heterocycles. The molecule has 1 unspecified atom stereocenters. The van der Waals surface area contributed by atoms with Crippen LogP contribution in [-0.2, 0) is 13.2 Å². The zero-order valence-corrected chi connectivity index (χ0v) is 18.7. The molecule has 0 saturated carbocycles. The fourth-order valence-electron chi connectivity index (χ4n) is 2.69. The van der Waals surface area contributed by atoms with Crippen molar-refractivity contribution in [3.05, 3.63) is 58.1 Å². The Hall–Kier alpha value is -2.82. The van der Waals surface area contributed by atoms with E-state index >= 15 is 0 Å². The minimum Gasteiger partial charge on any atom is -0.477 e. The van der Waals surface area contributed by atoms with E-state index < -0.39 is 12.0 Å². The van der Waals surface area contributed by atoms with Gasteiger partial charge in [0.05, 0.1) is 16.4 Å². The zero-order valence-electron chi connectivity index (χ0n) is 16.3. The van der Waals surface area contributed by atoms with Gasteiger partial charge in [-0.25, -0.2) is 14.6 Å². The standard InChI is InChI=1S/C19H19Cl2N5O4S/c1-11(8-26-6-5-22-10-26)7-23-19(29)24-17-14(18(27)28)16(25-31-17)30-9-12-3-2-4-13(20)15(12)21/h2-6,10-11H,7-9H2,1H3,(H,27,28)(H2,23,24,29). The van der Waals surface area contributed by atoms with Gasteiger partial charge in [-0.3, -0.25) is 5.32 Å². The summed E-state index contributed by atoms with van der Waals surface area (Å²) in [6, 6.07) is 4.51. The van der Waals surface area contributed by atoms with Crippen molar-refractivity contribution < 1.29 is 19.4 Å². The number of rotatable bonds is 9. The predicted molar refractivity (Wildman–Crippen MR) is 118 cm³/mol. The molecule has 164 valence electrons. The smallest absolute Gasteiger partial charge is 0.344 e. The normalized spacial score (nSPS) is 11.7. The number of anilines is 1. The van der Waals surface area contributed by atoms with Gasteiger partial charge in [0.15, 0.2) is 5.56 Å². The quantitative estimate of drug-likeness (QED) is 0.415. The second-order valence-electron chi connectivity index (χ2n) is 6.70. The number of aromatic nitrogens is 3. The number of carbonyl (C=O) groups is 2. The van der Waals surface area contributed by atoms with E-state index in [4.69, 9.17) is 27.9 Å². The van der Waals surface area contributed by atoms with Gasteiger partial charge < -0.3 is 19.7 Å². The summed E-state index contributed by atoms with van der Waals surface area (Å²) in [5, 5.41) is 15.6. The van der Waals surface area contributed by atoms with E-state index in [1.807, 2.05) is 17.7 Å². The molecule has 12 heteroatoms. The van der Waals surface area contributed by atoms with Crippen molar-refractivity contribution >= 4 is 51.7 Å². The minimum atomic E-state index is -1.27. The number of nitrogens with one attached hydrogen (secondary N) is 2. The van der Waals surface area contributed by atoms with Crippen molar-refractivity contribution in [2.45, 2.75) is 20.1 Å². The number of carboxylic acid groups (broad SMARTS) is 1. The summed E-state index contributed by atoms with van der Waals surface area (Å²) in [6.45, 7) is 3.02. The summed E-state index contributed by atoms with van der Waals surface area (Å²) >= 11 is 12.9. The lowest BCUT2D eigenvalue weighted by Crippen LogP contribution is -2.33. The van der Waals surface area contributed by atoms with Crippen LogP contribution in [0.5, 0.6) is 5.88 Å². The molecule has 1 aromatic carbocycles. The second-order valence-corrected chi connectivity index (χ2v) is 8.26. The predicted octanol–water partition coefficient (Wildman–Crippen LogP) is 4.38. The first-order chi connectivity index (χ1) is 14.8. The van der Waals surface area contributed by atoms with Crippen LogP contribution in [0.15, 0.2) is 36.9 Å². The number of hydrogen-bond acceptors (Lipinski definition) is 6. The molecule has 31 heavy (non-hydrogen) atoms. The Kier molecular flexibility index (Phi) is 7.72. The Morgan fingerprint density at radius 3 is 2.87 bits per heavy atom. The number of imidazole rings is 1. The van der Waals surface area contributed by atoms with Crippen LogP contribution in [0.25, 0.3) is 0 Å². The summed E-state index contributed by atoms with van der Waals surface area (Å²) in [4.78, 5) is 27.9. The maximum atomic E-state index is 12.2. The first kappa shape index (κ1) is 22.9. The first-order valence-corrected chi connectivity index (χ1v) is 10.7. The average molecular weight is 484 g/mol. The maximum Gasteiger partial charge on any atom is 0.344 e. The molecule has 2 heterocycles. The number of benzene rings is 1. The van der Waals surface area contributed by atoms with Crippen LogP contribution in [-0.4, -0.2) is 37.6 Å². The lowest BCUT2D eigenvalue weighted by atomic mass is 10.2.